The van der Waals surface area contributed by atoms with Crippen LogP contribution in [0.1, 0.15) is 5.56 Å². The zero-order valence-corrected chi connectivity index (χ0v) is 16.6. The number of nitrogens with zero attached hydrogens (tertiary/aromatic N) is 2. The Morgan fingerprint density at radius 2 is 1.76 bits per heavy atom. The van der Waals surface area contributed by atoms with E-state index in [1.807, 2.05) is 29.2 Å². The van der Waals surface area contributed by atoms with Crippen molar-refractivity contribution in [2.24, 2.45) is 0 Å². The standard InChI is InChI=1S/C20H21ClF3N3O2/c1-29-15-7-5-14(6-8-15)27-11-9-26(10-12-27)13-18(28)25-19-16(20(22,23)24)3-2-4-17(19)21/h2-8H,9-13H2,1H3,(H,25,28). The Bertz CT molecular complexity index is 851. The third kappa shape index (κ3) is 5.33. The number of anilines is 2. The van der Waals surface area contributed by atoms with Crippen molar-refractivity contribution in [3.63, 3.8) is 0 Å². The lowest BCUT2D eigenvalue weighted by molar-refractivity contribution is -0.137. The first-order valence-corrected chi connectivity index (χ1v) is 9.42. The fourth-order valence-electron chi connectivity index (χ4n) is 3.23. The second-order valence-electron chi connectivity index (χ2n) is 6.67. The molecular formula is C20H21ClF3N3O2. The zero-order chi connectivity index (χ0) is 21.0. The fraction of sp³-hybridized carbons (Fsp3) is 0.350. The highest BCUT2D eigenvalue weighted by Crippen LogP contribution is 2.38. The van der Waals surface area contributed by atoms with E-state index >= 15 is 0 Å². The number of hydrogen-bond donors (Lipinski definition) is 1. The summed E-state index contributed by atoms with van der Waals surface area (Å²) >= 11 is 5.89. The van der Waals surface area contributed by atoms with Gasteiger partial charge in [0.25, 0.3) is 0 Å². The third-order valence-electron chi connectivity index (χ3n) is 4.76. The number of ether oxygens (including phenoxy) is 1. The molecule has 0 bridgehead atoms. The van der Waals surface area contributed by atoms with Crippen LogP contribution in [-0.2, 0) is 11.0 Å². The zero-order valence-electron chi connectivity index (χ0n) is 15.8. The number of nitrogens with one attached hydrogen (secondary N) is 1. The minimum absolute atomic E-state index is 0.00102. The first-order valence-electron chi connectivity index (χ1n) is 9.05. The van der Waals surface area contributed by atoms with Crippen LogP contribution in [0.4, 0.5) is 24.5 Å². The fourth-order valence-corrected chi connectivity index (χ4v) is 3.45. The monoisotopic (exact) mass is 427 g/mol. The van der Waals surface area contributed by atoms with Gasteiger partial charge in [-0.1, -0.05) is 17.7 Å². The lowest BCUT2D eigenvalue weighted by Crippen LogP contribution is -2.48. The summed E-state index contributed by atoms with van der Waals surface area (Å²) in [6.45, 7) is 2.65. The average Bonchev–Trinajstić information content (AvgIpc) is 2.69. The Balaban J connectivity index is 1.57. The number of para-hydroxylation sites is 1. The van der Waals surface area contributed by atoms with Crippen LogP contribution in [0.5, 0.6) is 5.75 Å². The van der Waals surface area contributed by atoms with Gasteiger partial charge in [-0.05, 0) is 36.4 Å². The molecule has 0 atom stereocenters. The number of amides is 1. The molecule has 0 aromatic heterocycles. The molecule has 1 fully saturated rings. The number of carbonyl (C=O) groups excluding carboxylic acids is 1. The highest BCUT2D eigenvalue weighted by Gasteiger charge is 2.35. The van der Waals surface area contributed by atoms with Gasteiger partial charge in [-0.25, -0.2) is 0 Å². The molecular weight excluding hydrogens is 407 g/mol. The van der Waals surface area contributed by atoms with Crippen LogP contribution >= 0.6 is 11.6 Å². The average molecular weight is 428 g/mol. The van der Waals surface area contributed by atoms with Crippen molar-refractivity contribution < 1.29 is 22.7 Å². The summed E-state index contributed by atoms with van der Waals surface area (Å²) in [7, 11) is 1.61. The van der Waals surface area contributed by atoms with Crippen LogP contribution in [0.3, 0.4) is 0 Å². The van der Waals surface area contributed by atoms with Gasteiger partial charge in [-0.3, -0.25) is 9.69 Å². The quantitative estimate of drug-likeness (QED) is 0.779. The van der Waals surface area contributed by atoms with Crippen molar-refractivity contribution in [1.29, 1.82) is 0 Å². The largest absolute Gasteiger partial charge is 0.497 e. The van der Waals surface area contributed by atoms with E-state index in [0.29, 0.717) is 26.2 Å². The van der Waals surface area contributed by atoms with E-state index in [1.165, 1.54) is 12.1 Å². The molecule has 29 heavy (non-hydrogen) atoms. The summed E-state index contributed by atoms with van der Waals surface area (Å²) in [6, 6.07) is 11.1. The Labute approximate surface area is 172 Å². The van der Waals surface area contributed by atoms with Crippen molar-refractivity contribution in [2.45, 2.75) is 6.18 Å². The molecule has 9 heteroatoms. The summed E-state index contributed by atoms with van der Waals surface area (Å²) in [5.74, 6) is 0.253. The van der Waals surface area contributed by atoms with Gasteiger partial charge in [0.1, 0.15) is 5.75 Å². The molecule has 0 unspecified atom stereocenters. The molecule has 2 aromatic rings. The number of methoxy groups -OCH3 is 1. The molecule has 5 nitrogen and oxygen atoms in total. The second-order valence-corrected chi connectivity index (χ2v) is 7.08. The highest BCUT2D eigenvalue weighted by molar-refractivity contribution is 6.34. The first kappa shape index (κ1) is 21.3. The molecule has 3 rings (SSSR count). The Kier molecular flexibility index (Phi) is 6.54. The van der Waals surface area contributed by atoms with Crippen LogP contribution in [0.15, 0.2) is 42.5 Å². The van der Waals surface area contributed by atoms with Gasteiger partial charge in [0, 0.05) is 31.9 Å². The Hall–Kier alpha value is -2.45. The van der Waals surface area contributed by atoms with Crippen molar-refractivity contribution >= 4 is 28.9 Å². The third-order valence-corrected chi connectivity index (χ3v) is 5.08. The maximum Gasteiger partial charge on any atom is 0.418 e. The molecule has 0 spiro atoms. The number of rotatable bonds is 5. The van der Waals surface area contributed by atoms with Crippen molar-refractivity contribution in [3.05, 3.63) is 53.1 Å². The number of piperazine rings is 1. The van der Waals surface area contributed by atoms with Crippen molar-refractivity contribution in [3.8, 4) is 5.75 Å². The van der Waals surface area contributed by atoms with Gasteiger partial charge in [-0.15, -0.1) is 0 Å². The predicted octanol–water partition coefficient (Wildman–Crippen LogP) is 4.13. The van der Waals surface area contributed by atoms with E-state index in [1.54, 1.807) is 7.11 Å². The van der Waals surface area contributed by atoms with Crippen LogP contribution in [0.25, 0.3) is 0 Å². The number of hydrogen-bond acceptors (Lipinski definition) is 4. The maximum absolute atomic E-state index is 13.2. The molecule has 1 N–H and O–H groups in total. The van der Waals surface area contributed by atoms with Crippen LogP contribution in [0, 0.1) is 0 Å². The van der Waals surface area contributed by atoms with E-state index in [2.05, 4.69) is 10.2 Å². The molecule has 0 radical (unpaired) electrons. The minimum atomic E-state index is -4.60. The molecule has 1 aliphatic rings. The van der Waals surface area contributed by atoms with E-state index < -0.39 is 23.3 Å². The van der Waals surface area contributed by atoms with Gasteiger partial charge in [0.05, 0.1) is 29.9 Å². The Morgan fingerprint density at radius 3 is 2.34 bits per heavy atom. The lowest BCUT2D eigenvalue weighted by Gasteiger charge is -2.35. The summed E-state index contributed by atoms with van der Waals surface area (Å²) in [5, 5.41) is 2.19. The van der Waals surface area contributed by atoms with Crippen molar-refractivity contribution in [2.75, 3.05) is 50.1 Å². The van der Waals surface area contributed by atoms with Crippen LogP contribution in [-0.4, -0.2) is 50.6 Å². The van der Waals surface area contributed by atoms with E-state index in [-0.39, 0.29) is 11.6 Å². The maximum atomic E-state index is 13.2. The van der Waals surface area contributed by atoms with Gasteiger partial charge in [-0.2, -0.15) is 13.2 Å². The topological polar surface area (TPSA) is 44.8 Å². The first-order chi connectivity index (χ1) is 13.8. The summed E-state index contributed by atoms with van der Waals surface area (Å²) < 4.78 is 44.6. The molecule has 1 amide bonds. The van der Waals surface area contributed by atoms with E-state index in [4.69, 9.17) is 16.3 Å². The molecule has 2 aromatic carbocycles. The molecule has 0 saturated carbocycles. The number of benzene rings is 2. The molecule has 1 heterocycles. The van der Waals surface area contributed by atoms with Gasteiger partial charge in [0.15, 0.2) is 0 Å². The molecule has 1 saturated heterocycles. The SMILES string of the molecule is COc1ccc(N2CCN(CC(=O)Nc3c(Cl)cccc3C(F)(F)F)CC2)cc1. The number of halogens is 4. The van der Waals surface area contributed by atoms with Crippen molar-refractivity contribution in [1.82, 2.24) is 4.90 Å². The highest BCUT2D eigenvalue weighted by atomic mass is 35.5. The smallest absolute Gasteiger partial charge is 0.418 e. The number of alkyl halides is 3. The van der Waals surface area contributed by atoms with Crippen LogP contribution in [0.2, 0.25) is 5.02 Å². The summed E-state index contributed by atoms with van der Waals surface area (Å²) in [6.07, 6.45) is -4.60. The van der Waals surface area contributed by atoms with E-state index in [0.717, 1.165) is 17.5 Å². The number of carbonyl (C=O) groups is 1. The van der Waals surface area contributed by atoms with Gasteiger partial charge < -0.3 is 15.0 Å². The van der Waals surface area contributed by atoms with Gasteiger partial charge in [0.2, 0.25) is 5.91 Å². The minimum Gasteiger partial charge on any atom is -0.497 e. The second kappa shape index (κ2) is 8.92. The normalized spacial score (nSPS) is 15.3. The molecule has 156 valence electrons. The lowest BCUT2D eigenvalue weighted by atomic mass is 10.1. The summed E-state index contributed by atoms with van der Waals surface area (Å²) in [4.78, 5) is 16.4. The van der Waals surface area contributed by atoms with E-state index in [9.17, 15) is 18.0 Å². The molecule has 0 aliphatic carbocycles. The van der Waals surface area contributed by atoms with Crippen LogP contribution < -0.4 is 15.0 Å². The Morgan fingerprint density at radius 1 is 1.10 bits per heavy atom. The summed E-state index contributed by atoms with van der Waals surface area (Å²) in [5.41, 5.74) is -0.299. The van der Waals surface area contributed by atoms with Gasteiger partial charge >= 0.3 is 6.18 Å². The predicted molar refractivity (Wildman–Crippen MR) is 107 cm³/mol. The molecule has 1 aliphatic heterocycles.